The molecule has 14 heavy (non-hydrogen) atoms. The standard InChI is InChI=1S/C11H13NO2/c1-8-6-9-4-3-5-10(7-12-13-2)11(9)14-8/h3-6,12H,7H2,1-2H3. The molecule has 0 unspecified atom stereocenters. The predicted octanol–water partition coefficient (Wildman–Crippen LogP) is 2.39. The van der Waals surface area contributed by atoms with Crippen LogP contribution in [-0.2, 0) is 11.4 Å². The topological polar surface area (TPSA) is 34.4 Å². The van der Waals surface area contributed by atoms with Gasteiger partial charge in [-0.15, -0.1) is 0 Å². The van der Waals surface area contributed by atoms with Gasteiger partial charge in [0.25, 0.3) is 0 Å². The number of para-hydroxylation sites is 1. The van der Waals surface area contributed by atoms with Crippen molar-refractivity contribution in [2.45, 2.75) is 13.5 Å². The smallest absolute Gasteiger partial charge is 0.138 e. The summed E-state index contributed by atoms with van der Waals surface area (Å²) in [4.78, 5) is 4.81. The first-order valence-electron chi connectivity index (χ1n) is 4.55. The van der Waals surface area contributed by atoms with Gasteiger partial charge in [-0.2, -0.15) is 5.48 Å². The quantitative estimate of drug-likeness (QED) is 0.756. The van der Waals surface area contributed by atoms with E-state index in [1.54, 1.807) is 7.11 Å². The van der Waals surface area contributed by atoms with Gasteiger partial charge in [-0.25, -0.2) is 0 Å². The van der Waals surface area contributed by atoms with Gasteiger partial charge >= 0.3 is 0 Å². The van der Waals surface area contributed by atoms with E-state index in [0.717, 1.165) is 22.3 Å². The largest absolute Gasteiger partial charge is 0.461 e. The number of aryl methyl sites for hydroxylation is 1. The zero-order valence-corrected chi connectivity index (χ0v) is 8.33. The van der Waals surface area contributed by atoms with Crippen molar-refractivity contribution in [3.63, 3.8) is 0 Å². The van der Waals surface area contributed by atoms with Gasteiger partial charge in [-0.1, -0.05) is 18.2 Å². The van der Waals surface area contributed by atoms with Gasteiger partial charge in [0.2, 0.25) is 0 Å². The van der Waals surface area contributed by atoms with Gasteiger partial charge in [0.1, 0.15) is 11.3 Å². The van der Waals surface area contributed by atoms with E-state index in [2.05, 4.69) is 5.48 Å². The lowest BCUT2D eigenvalue weighted by atomic mass is 10.1. The number of rotatable bonds is 3. The van der Waals surface area contributed by atoms with Crippen molar-refractivity contribution in [3.05, 3.63) is 35.6 Å². The Kier molecular flexibility index (Phi) is 2.52. The van der Waals surface area contributed by atoms with Gasteiger partial charge in [0, 0.05) is 17.5 Å². The Morgan fingerprint density at radius 3 is 3.07 bits per heavy atom. The van der Waals surface area contributed by atoms with Gasteiger partial charge < -0.3 is 9.25 Å². The summed E-state index contributed by atoms with van der Waals surface area (Å²) in [5, 5.41) is 1.14. The first-order chi connectivity index (χ1) is 6.81. The number of hydrogen-bond donors (Lipinski definition) is 1. The zero-order valence-electron chi connectivity index (χ0n) is 8.33. The molecule has 1 N–H and O–H groups in total. The van der Waals surface area contributed by atoms with Crippen molar-refractivity contribution in [1.82, 2.24) is 5.48 Å². The van der Waals surface area contributed by atoms with Crippen LogP contribution in [0.2, 0.25) is 0 Å². The third kappa shape index (κ3) is 1.64. The molecular weight excluding hydrogens is 178 g/mol. The molecule has 0 fully saturated rings. The minimum atomic E-state index is 0.654. The molecule has 0 saturated heterocycles. The molecule has 2 rings (SSSR count). The predicted molar refractivity (Wildman–Crippen MR) is 54.8 cm³/mol. The highest BCUT2D eigenvalue weighted by Crippen LogP contribution is 2.22. The van der Waals surface area contributed by atoms with Gasteiger partial charge in [-0.05, 0) is 13.0 Å². The summed E-state index contributed by atoms with van der Waals surface area (Å²) in [6.07, 6.45) is 0. The molecule has 0 radical (unpaired) electrons. The Morgan fingerprint density at radius 1 is 1.43 bits per heavy atom. The van der Waals surface area contributed by atoms with Gasteiger partial charge in [-0.3, -0.25) is 0 Å². The SMILES string of the molecule is CONCc1cccc2cc(C)oc12. The van der Waals surface area contributed by atoms with Crippen molar-refractivity contribution in [1.29, 1.82) is 0 Å². The molecule has 0 atom stereocenters. The summed E-state index contributed by atoms with van der Waals surface area (Å²) in [7, 11) is 1.60. The van der Waals surface area contributed by atoms with Crippen LogP contribution in [0.5, 0.6) is 0 Å². The molecule has 0 amide bonds. The Labute approximate surface area is 82.6 Å². The number of benzene rings is 1. The Morgan fingerprint density at radius 2 is 2.29 bits per heavy atom. The lowest BCUT2D eigenvalue weighted by molar-refractivity contribution is 0.0868. The first kappa shape index (κ1) is 9.24. The van der Waals surface area contributed by atoms with Crippen LogP contribution in [0, 0.1) is 6.92 Å². The summed E-state index contributed by atoms with van der Waals surface area (Å²) in [5.74, 6) is 0.935. The monoisotopic (exact) mass is 191 g/mol. The highest BCUT2D eigenvalue weighted by atomic mass is 16.6. The third-order valence-electron chi connectivity index (χ3n) is 2.16. The molecule has 0 spiro atoms. The molecule has 2 aromatic rings. The Hall–Kier alpha value is -1.32. The van der Waals surface area contributed by atoms with E-state index >= 15 is 0 Å². The average molecular weight is 191 g/mol. The zero-order chi connectivity index (χ0) is 9.97. The normalized spacial score (nSPS) is 11.0. The number of furan rings is 1. The molecule has 3 heteroatoms. The van der Waals surface area contributed by atoms with Gasteiger partial charge in [0.05, 0.1) is 7.11 Å². The van der Waals surface area contributed by atoms with E-state index in [-0.39, 0.29) is 0 Å². The van der Waals surface area contributed by atoms with Crippen LogP contribution in [-0.4, -0.2) is 7.11 Å². The molecule has 0 aliphatic rings. The van der Waals surface area contributed by atoms with Crippen LogP contribution in [0.25, 0.3) is 11.0 Å². The summed E-state index contributed by atoms with van der Waals surface area (Å²) < 4.78 is 5.60. The van der Waals surface area contributed by atoms with Crippen LogP contribution in [0.1, 0.15) is 11.3 Å². The van der Waals surface area contributed by atoms with Crippen LogP contribution in [0.4, 0.5) is 0 Å². The summed E-state index contributed by atoms with van der Waals surface area (Å²) in [6, 6.07) is 8.12. The number of fused-ring (bicyclic) bond motifs is 1. The van der Waals surface area contributed by atoms with Crippen LogP contribution < -0.4 is 5.48 Å². The van der Waals surface area contributed by atoms with E-state index in [9.17, 15) is 0 Å². The molecule has 0 bridgehead atoms. The maximum absolute atomic E-state index is 5.60. The van der Waals surface area contributed by atoms with E-state index in [4.69, 9.17) is 9.25 Å². The fourth-order valence-corrected chi connectivity index (χ4v) is 1.54. The lowest BCUT2D eigenvalue weighted by Crippen LogP contribution is -2.10. The highest BCUT2D eigenvalue weighted by molar-refractivity contribution is 5.81. The molecule has 1 aromatic carbocycles. The highest BCUT2D eigenvalue weighted by Gasteiger charge is 2.04. The van der Waals surface area contributed by atoms with E-state index in [1.807, 2.05) is 31.2 Å². The van der Waals surface area contributed by atoms with E-state index in [1.165, 1.54) is 0 Å². The molecule has 3 nitrogen and oxygen atoms in total. The number of hydrogen-bond acceptors (Lipinski definition) is 3. The van der Waals surface area contributed by atoms with Crippen molar-refractivity contribution in [2.75, 3.05) is 7.11 Å². The lowest BCUT2D eigenvalue weighted by Gasteiger charge is -2.02. The van der Waals surface area contributed by atoms with E-state index < -0.39 is 0 Å². The molecular formula is C11H13NO2. The minimum absolute atomic E-state index is 0.654. The fourth-order valence-electron chi connectivity index (χ4n) is 1.54. The van der Waals surface area contributed by atoms with Crippen LogP contribution >= 0.6 is 0 Å². The summed E-state index contributed by atoms with van der Waals surface area (Å²) >= 11 is 0. The number of nitrogens with one attached hydrogen (secondary N) is 1. The number of hydroxylamine groups is 1. The Balaban J connectivity index is 2.42. The van der Waals surface area contributed by atoms with Crippen molar-refractivity contribution >= 4 is 11.0 Å². The summed E-state index contributed by atoms with van der Waals surface area (Å²) in [6.45, 7) is 2.61. The second-order valence-electron chi connectivity index (χ2n) is 3.22. The molecule has 74 valence electrons. The molecule has 0 aliphatic heterocycles. The van der Waals surface area contributed by atoms with Crippen LogP contribution in [0.15, 0.2) is 28.7 Å². The third-order valence-corrected chi connectivity index (χ3v) is 2.16. The first-order valence-corrected chi connectivity index (χ1v) is 4.55. The molecule has 0 saturated carbocycles. The average Bonchev–Trinajstić information content (AvgIpc) is 2.55. The second kappa shape index (κ2) is 3.82. The molecule has 1 aromatic heterocycles. The van der Waals surface area contributed by atoms with Crippen molar-refractivity contribution < 1.29 is 9.25 Å². The maximum Gasteiger partial charge on any atom is 0.138 e. The Bertz CT molecular complexity index is 434. The van der Waals surface area contributed by atoms with Gasteiger partial charge in [0.15, 0.2) is 0 Å². The summed E-state index contributed by atoms with van der Waals surface area (Å²) in [5.41, 5.74) is 4.85. The minimum Gasteiger partial charge on any atom is -0.461 e. The molecule has 1 heterocycles. The maximum atomic E-state index is 5.60. The van der Waals surface area contributed by atoms with Crippen molar-refractivity contribution in [2.24, 2.45) is 0 Å². The molecule has 0 aliphatic carbocycles. The van der Waals surface area contributed by atoms with Crippen molar-refractivity contribution in [3.8, 4) is 0 Å². The van der Waals surface area contributed by atoms with E-state index in [0.29, 0.717) is 6.54 Å². The van der Waals surface area contributed by atoms with Crippen LogP contribution in [0.3, 0.4) is 0 Å². The fraction of sp³-hybridized carbons (Fsp3) is 0.273. The second-order valence-corrected chi connectivity index (χ2v) is 3.22.